The third-order valence-electron chi connectivity index (χ3n) is 7.67. The second kappa shape index (κ2) is 11.1. The van der Waals surface area contributed by atoms with Crippen molar-refractivity contribution in [2.75, 3.05) is 54.8 Å². The molecule has 6 rings (SSSR count). The van der Waals surface area contributed by atoms with Crippen LogP contribution in [-0.2, 0) is 9.59 Å². The number of nitrogens with two attached hydrogens (primary N) is 1. The predicted octanol–water partition coefficient (Wildman–Crippen LogP) is 3.12. The number of nitrogen functional groups attached to an aromatic ring is 1. The van der Waals surface area contributed by atoms with Gasteiger partial charge in [0.2, 0.25) is 11.8 Å². The van der Waals surface area contributed by atoms with Gasteiger partial charge in [-0.2, -0.15) is 0 Å². The summed E-state index contributed by atoms with van der Waals surface area (Å²) in [4.78, 5) is 42.0. The minimum absolute atomic E-state index is 0. The number of amides is 2. The van der Waals surface area contributed by atoms with Crippen LogP contribution < -0.4 is 15.5 Å². The number of non-ortho nitro benzene ring substituents is 1. The molecule has 2 aromatic rings. The van der Waals surface area contributed by atoms with E-state index in [2.05, 4.69) is 21.9 Å². The Morgan fingerprint density at radius 1 is 0.730 bits per heavy atom. The Bertz CT molecular complexity index is 1120. The largest absolute Gasteiger partial charge is 0.399 e. The van der Waals surface area contributed by atoms with Crippen LogP contribution in [0.15, 0.2) is 48.5 Å². The van der Waals surface area contributed by atoms with E-state index in [4.69, 9.17) is 5.73 Å². The van der Waals surface area contributed by atoms with Crippen LogP contribution in [0.4, 0.5) is 22.7 Å². The van der Waals surface area contributed by atoms with Crippen LogP contribution in [0.2, 0.25) is 0 Å². The SMILES string of the molecule is C.Nc1ccc(N2CCN3C(=O)CCC3C2)cc1.O=C1CCC2CN(c3ccc([N+](=O)[O-])cc3)CCN12. The summed E-state index contributed by atoms with van der Waals surface area (Å²) in [6, 6.07) is 15.3. The van der Waals surface area contributed by atoms with E-state index in [0.29, 0.717) is 24.4 Å². The van der Waals surface area contributed by atoms with Gasteiger partial charge in [0.25, 0.3) is 5.69 Å². The maximum absolute atomic E-state index is 11.6. The zero-order chi connectivity index (χ0) is 25.2. The van der Waals surface area contributed by atoms with E-state index in [1.807, 2.05) is 21.9 Å². The summed E-state index contributed by atoms with van der Waals surface area (Å²) in [6.45, 7) is 5.10. The smallest absolute Gasteiger partial charge is 0.269 e. The second-order valence-corrected chi connectivity index (χ2v) is 9.82. The van der Waals surface area contributed by atoms with E-state index in [1.165, 1.54) is 17.8 Å². The summed E-state index contributed by atoms with van der Waals surface area (Å²) < 4.78 is 0. The fourth-order valence-corrected chi connectivity index (χ4v) is 5.67. The molecule has 2 atom stereocenters. The van der Waals surface area contributed by atoms with Crippen LogP contribution in [0.3, 0.4) is 0 Å². The summed E-state index contributed by atoms with van der Waals surface area (Å²) in [6.07, 6.45) is 3.30. The van der Waals surface area contributed by atoms with Crippen molar-refractivity contribution >= 4 is 34.6 Å². The van der Waals surface area contributed by atoms with E-state index in [0.717, 1.165) is 69.9 Å². The standard InChI is InChI=1S/C13H15N3O3.C13H17N3O.CH4/c17-13-6-5-12-9-14(7-8-15(12)13)10-1-3-11(4-2-10)16(18)19;14-10-1-3-11(4-2-10)15-7-8-16-12(9-15)5-6-13(16)17;/h1-4,12H,5-9H2;1-4,12H,5-9,14H2;1H4. The molecular formula is C27H36N6O4. The maximum Gasteiger partial charge on any atom is 0.269 e. The molecule has 2 unspecified atom stereocenters. The molecule has 4 aliphatic rings. The molecule has 0 aromatic heterocycles. The molecule has 4 fully saturated rings. The lowest BCUT2D eigenvalue weighted by Gasteiger charge is -2.38. The molecule has 0 aliphatic carbocycles. The molecule has 4 heterocycles. The maximum atomic E-state index is 11.6. The molecule has 37 heavy (non-hydrogen) atoms. The lowest BCUT2D eigenvalue weighted by atomic mass is 10.1. The van der Waals surface area contributed by atoms with Crippen molar-refractivity contribution in [3.8, 4) is 0 Å². The molecule has 0 spiro atoms. The van der Waals surface area contributed by atoms with Crippen molar-refractivity contribution in [3.05, 3.63) is 58.6 Å². The van der Waals surface area contributed by atoms with Crippen LogP contribution >= 0.6 is 0 Å². The van der Waals surface area contributed by atoms with E-state index in [9.17, 15) is 19.7 Å². The number of rotatable bonds is 3. The number of nitrogens with zero attached hydrogens (tertiary/aromatic N) is 5. The summed E-state index contributed by atoms with van der Waals surface area (Å²) in [5.74, 6) is 0.584. The van der Waals surface area contributed by atoms with E-state index >= 15 is 0 Å². The fraction of sp³-hybridized carbons (Fsp3) is 0.481. The monoisotopic (exact) mass is 508 g/mol. The lowest BCUT2D eigenvalue weighted by Crippen LogP contribution is -2.51. The van der Waals surface area contributed by atoms with Crippen LogP contribution in [0.5, 0.6) is 0 Å². The molecular weight excluding hydrogens is 472 g/mol. The molecule has 0 saturated carbocycles. The van der Waals surface area contributed by atoms with Crippen molar-refractivity contribution < 1.29 is 14.5 Å². The molecule has 0 radical (unpaired) electrons. The van der Waals surface area contributed by atoms with Gasteiger partial charge in [-0.05, 0) is 49.2 Å². The van der Waals surface area contributed by atoms with Crippen LogP contribution in [0, 0.1) is 10.1 Å². The number of carbonyl (C=O) groups is 2. The predicted molar refractivity (Wildman–Crippen MR) is 145 cm³/mol. The van der Waals surface area contributed by atoms with E-state index in [-0.39, 0.29) is 19.0 Å². The molecule has 2 amide bonds. The zero-order valence-corrected chi connectivity index (χ0v) is 20.3. The van der Waals surface area contributed by atoms with E-state index < -0.39 is 4.92 Å². The molecule has 2 N–H and O–H groups in total. The average Bonchev–Trinajstić information content (AvgIpc) is 3.46. The van der Waals surface area contributed by atoms with Crippen molar-refractivity contribution in [2.24, 2.45) is 0 Å². The molecule has 4 saturated heterocycles. The number of benzene rings is 2. The van der Waals surface area contributed by atoms with Crippen LogP contribution in [-0.4, -0.2) is 77.9 Å². The summed E-state index contributed by atoms with van der Waals surface area (Å²) >= 11 is 0. The first-order chi connectivity index (χ1) is 17.4. The van der Waals surface area contributed by atoms with Gasteiger partial charge in [0.05, 0.1) is 4.92 Å². The third kappa shape index (κ3) is 5.63. The van der Waals surface area contributed by atoms with Crippen molar-refractivity contribution in [2.45, 2.75) is 45.2 Å². The third-order valence-corrected chi connectivity index (χ3v) is 7.67. The molecule has 10 heteroatoms. The highest BCUT2D eigenvalue weighted by molar-refractivity contribution is 5.80. The minimum Gasteiger partial charge on any atom is -0.399 e. The minimum atomic E-state index is -0.392. The van der Waals surface area contributed by atoms with Crippen molar-refractivity contribution in [1.82, 2.24) is 9.80 Å². The number of hydrogen-bond acceptors (Lipinski definition) is 7. The Hall–Kier alpha value is -3.82. The average molecular weight is 509 g/mol. The Labute approximate surface area is 217 Å². The fourth-order valence-electron chi connectivity index (χ4n) is 5.67. The van der Waals surface area contributed by atoms with Crippen LogP contribution in [0.1, 0.15) is 33.1 Å². The number of piperazine rings is 2. The number of anilines is 3. The number of nitro benzene ring substituents is 1. The lowest BCUT2D eigenvalue weighted by molar-refractivity contribution is -0.384. The van der Waals surface area contributed by atoms with Gasteiger partial charge >= 0.3 is 0 Å². The highest BCUT2D eigenvalue weighted by atomic mass is 16.6. The van der Waals surface area contributed by atoms with Gasteiger partial charge < -0.3 is 25.3 Å². The zero-order valence-electron chi connectivity index (χ0n) is 20.3. The van der Waals surface area contributed by atoms with Crippen molar-refractivity contribution in [1.29, 1.82) is 0 Å². The summed E-state index contributed by atoms with van der Waals surface area (Å²) in [7, 11) is 0. The number of nitro groups is 1. The topological polar surface area (TPSA) is 116 Å². The number of carbonyl (C=O) groups excluding carboxylic acids is 2. The van der Waals surface area contributed by atoms with Gasteiger partial charge in [-0.15, -0.1) is 0 Å². The summed E-state index contributed by atoms with van der Waals surface area (Å²) in [5, 5.41) is 10.6. The van der Waals surface area contributed by atoms with Gasteiger partial charge in [0.15, 0.2) is 0 Å². The molecule has 4 aliphatic heterocycles. The Morgan fingerprint density at radius 3 is 1.59 bits per heavy atom. The number of hydrogen-bond donors (Lipinski definition) is 1. The Balaban J connectivity index is 0.000000169. The Kier molecular flexibility index (Phi) is 7.85. The second-order valence-electron chi connectivity index (χ2n) is 9.82. The van der Waals surface area contributed by atoms with Crippen molar-refractivity contribution in [3.63, 3.8) is 0 Å². The number of fused-ring (bicyclic) bond motifs is 2. The normalized spacial score (nSPS) is 22.6. The van der Waals surface area contributed by atoms with E-state index in [1.54, 1.807) is 12.1 Å². The molecule has 2 aromatic carbocycles. The van der Waals surface area contributed by atoms with Gasteiger partial charge in [-0.25, -0.2) is 0 Å². The molecule has 0 bridgehead atoms. The first-order valence-electron chi connectivity index (χ1n) is 12.6. The summed E-state index contributed by atoms with van der Waals surface area (Å²) in [5.41, 5.74) is 8.79. The van der Waals surface area contributed by atoms with Gasteiger partial charge in [-0.3, -0.25) is 19.7 Å². The highest BCUT2D eigenvalue weighted by Crippen LogP contribution is 2.28. The van der Waals surface area contributed by atoms with Gasteiger partial charge in [0.1, 0.15) is 0 Å². The van der Waals surface area contributed by atoms with Crippen LogP contribution in [0.25, 0.3) is 0 Å². The highest BCUT2D eigenvalue weighted by Gasteiger charge is 2.36. The van der Waals surface area contributed by atoms with Gasteiger partial charge in [0, 0.05) is 93.4 Å². The molecule has 10 nitrogen and oxygen atoms in total. The molecule has 198 valence electrons. The first kappa shape index (κ1) is 26.2. The quantitative estimate of drug-likeness (QED) is 0.385. The van der Waals surface area contributed by atoms with Gasteiger partial charge in [-0.1, -0.05) is 7.43 Å². The Morgan fingerprint density at radius 2 is 1.16 bits per heavy atom. The first-order valence-corrected chi connectivity index (χ1v) is 12.6.